The molecule has 0 fully saturated rings. The van der Waals surface area contributed by atoms with Gasteiger partial charge in [-0.1, -0.05) is 38.9 Å². The number of pyridine rings is 1. The van der Waals surface area contributed by atoms with Gasteiger partial charge in [-0.25, -0.2) is 0 Å². The molecular weight excluding hydrogens is 222 g/mol. The summed E-state index contributed by atoms with van der Waals surface area (Å²) >= 11 is 0. The van der Waals surface area contributed by atoms with Crippen molar-refractivity contribution in [3.8, 4) is 5.69 Å². The van der Waals surface area contributed by atoms with Crippen molar-refractivity contribution in [3.63, 3.8) is 0 Å². The summed E-state index contributed by atoms with van der Waals surface area (Å²) in [5.74, 6) is 0.358. The van der Waals surface area contributed by atoms with Crippen LogP contribution in [0.2, 0.25) is 0 Å². The summed E-state index contributed by atoms with van der Waals surface area (Å²) in [6.07, 6.45) is -1.26. The monoisotopic (exact) mass is 246 g/mol. The zero-order valence-corrected chi connectivity index (χ0v) is 10.5. The highest BCUT2D eigenvalue weighted by Gasteiger charge is 2.02. The summed E-state index contributed by atoms with van der Waals surface area (Å²) in [5, 5.41) is 0. The van der Waals surface area contributed by atoms with Gasteiger partial charge >= 0.3 is 0 Å². The molecule has 0 N–H and O–H groups in total. The molecule has 18 heavy (non-hydrogen) atoms. The predicted molar refractivity (Wildman–Crippen MR) is 75.5 cm³/mol. The Kier molecular flexibility index (Phi) is 2.19. The molecule has 2 aromatic rings. The zero-order chi connectivity index (χ0) is 17.4. The molecule has 1 aromatic heterocycles. The van der Waals surface area contributed by atoms with Crippen LogP contribution in [-0.2, 0) is 6.37 Å². The van der Waals surface area contributed by atoms with Crippen LogP contribution >= 0.6 is 0 Å². The van der Waals surface area contributed by atoms with Crippen LogP contribution in [0.5, 0.6) is 0 Å². The standard InChI is InChI=1S/C16H19NO/c1-4-13-5-10-16(18)17(11-13)15-8-6-14(7-9-15)12(2)3/h5-12H,4H2,1-3H3/i1D3,4D2. The fraction of sp³-hybridized carbons (Fsp3) is 0.312. The van der Waals surface area contributed by atoms with Crippen molar-refractivity contribution in [3.05, 3.63) is 64.1 Å². The third-order valence-corrected chi connectivity index (χ3v) is 2.89. The van der Waals surface area contributed by atoms with E-state index in [0.29, 0.717) is 11.6 Å². The molecule has 0 aliphatic heterocycles. The lowest BCUT2D eigenvalue weighted by molar-refractivity contribution is 0.863. The molecule has 0 radical (unpaired) electrons. The van der Waals surface area contributed by atoms with Gasteiger partial charge in [0.2, 0.25) is 0 Å². The lowest BCUT2D eigenvalue weighted by Crippen LogP contribution is -2.17. The second-order valence-electron chi connectivity index (χ2n) is 4.50. The fourth-order valence-corrected chi connectivity index (χ4v) is 1.78. The molecule has 94 valence electrons. The number of rotatable bonds is 3. The summed E-state index contributed by atoms with van der Waals surface area (Å²) in [5.41, 5.74) is 1.30. The first-order valence-corrected chi connectivity index (χ1v) is 5.87. The van der Waals surface area contributed by atoms with Gasteiger partial charge in [0, 0.05) is 24.8 Å². The smallest absolute Gasteiger partial charge is 0.255 e. The summed E-state index contributed by atoms with van der Waals surface area (Å²) < 4.78 is 39.0. The lowest BCUT2D eigenvalue weighted by atomic mass is 10.0. The van der Waals surface area contributed by atoms with E-state index in [1.165, 1.54) is 22.9 Å². The van der Waals surface area contributed by atoms with Crippen molar-refractivity contribution < 1.29 is 6.85 Å². The molecule has 0 aliphatic carbocycles. The van der Waals surface area contributed by atoms with Gasteiger partial charge in [-0.05, 0) is 35.6 Å². The van der Waals surface area contributed by atoms with E-state index in [-0.39, 0.29) is 11.1 Å². The van der Waals surface area contributed by atoms with Crippen LogP contribution in [0.4, 0.5) is 0 Å². The van der Waals surface area contributed by atoms with Gasteiger partial charge in [0.05, 0.1) is 0 Å². The van der Waals surface area contributed by atoms with Crippen LogP contribution in [0.25, 0.3) is 5.69 Å². The van der Waals surface area contributed by atoms with E-state index in [1.807, 2.05) is 12.1 Å². The van der Waals surface area contributed by atoms with E-state index in [0.717, 1.165) is 5.56 Å². The van der Waals surface area contributed by atoms with Gasteiger partial charge in [0.1, 0.15) is 0 Å². The average Bonchev–Trinajstić information content (AvgIpc) is 2.46. The SMILES string of the molecule is [2H]C([2H])([2H])C([2H])([2H])c1ccc(=O)n(-c2ccc(C(C)C)cc2)c1. The molecule has 1 heterocycles. The molecule has 1 aromatic carbocycles. The molecule has 2 heteroatoms. The Labute approximate surface area is 115 Å². The number of benzene rings is 1. The van der Waals surface area contributed by atoms with Gasteiger partial charge in [0.25, 0.3) is 5.56 Å². The van der Waals surface area contributed by atoms with Crippen molar-refractivity contribution >= 4 is 0 Å². The third-order valence-electron chi connectivity index (χ3n) is 2.89. The van der Waals surface area contributed by atoms with Crippen molar-refractivity contribution in [2.24, 2.45) is 0 Å². The topological polar surface area (TPSA) is 22.0 Å². The number of aryl methyl sites for hydroxylation is 1. The van der Waals surface area contributed by atoms with Crippen molar-refractivity contribution in [2.45, 2.75) is 33.0 Å². The Morgan fingerprint density at radius 2 is 1.94 bits per heavy atom. The first kappa shape index (κ1) is 7.57. The Bertz CT molecular complexity index is 744. The number of aromatic nitrogens is 1. The Morgan fingerprint density at radius 3 is 2.56 bits per heavy atom. The maximum atomic E-state index is 12.1. The molecular formula is C16H19NO. The van der Waals surface area contributed by atoms with Crippen LogP contribution in [-0.4, -0.2) is 4.57 Å². The van der Waals surface area contributed by atoms with Crippen molar-refractivity contribution in [2.75, 3.05) is 0 Å². The van der Waals surface area contributed by atoms with Gasteiger partial charge in [0.15, 0.2) is 0 Å². The largest absolute Gasteiger partial charge is 0.284 e. The third kappa shape index (κ3) is 2.53. The Hall–Kier alpha value is -1.83. The first-order valence-electron chi connectivity index (χ1n) is 8.37. The normalized spacial score (nSPS) is 16.5. The lowest BCUT2D eigenvalue weighted by Gasteiger charge is -2.10. The van der Waals surface area contributed by atoms with E-state index in [9.17, 15) is 4.79 Å². The van der Waals surface area contributed by atoms with Crippen molar-refractivity contribution in [1.82, 2.24) is 4.57 Å². The molecule has 0 saturated heterocycles. The van der Waals surface area contributed by atoms with Gasteiger partial charge in [-0.2, -0.15) is 0 Å². The highest BCUT2D eigenvalue weighted by atomic mass is 16.1. The predicted octanol–water partition coefficient (Wildman–Crippen LogP) is 3.52. The average molecular weight is 246 g/mol. The Morgan fingerprint density at radius 1 is 1.22 bits per heavy atom. The second kappa shape index (κ2) is 5.21. The molecule has 0 atom stereocenters. The van der Waals surface area contributed by atoms with E-state index < -0.39 is 13.2 Å². The number of hydrogen-bond donors (Lipinski definition) is 0. The molecule has 0 saturated carbocycles. The van der Waals surface area contributed by atoms with Gasteiger partial charge < -0.3 is 0 Å². The fourth-order valence-electron chi connectivity index (χ4n) is 1.78. The van der Waals surface area contributed by atoms with E-state index in [2.05, 4.69) is 13.8 Å². The van der Waals surface area contributed by atoms with Crippen LogP contribution in [0.1, 0.15) is 44.6 Å². The summed E-state index contributed by atoms with van der Waals surface area (Å²) in [7, 11) is 0. The van der Waals surface area contributed by atoms with Crippen LogP contribution in [0.3, 0.4) is 0 Å². The highest BCUT2D eigenvalue weighted by molar-refractivity contribution is 5.36. The zero-order valence-electron chi connectivity index (χ0n) is 15.5. The second-order valence-corrected chi connectivity index (χ2v) is 4.50. The maximum absolute atomic E-state index is 12.1. The van der Waals surface area contributed by atoms with Crippen LogP contribution in [0.15, 0.2) is 47.4 Å². The van der Waals surface area contributed by atoms with Crippen molar-refractivity contribution in [1.29, 1.82) is 0 Å². The van der Waals surface area contributed by atoms with E-state index in [4.69, 9.17) is 6.85 Å². The summed E-state index contributed by atoms with van der Waals surface area (Å²) in [6.45, 7) is 1.32. The number of nitrogens with zero attached hydrogens (tertiary/aromatic N) is 1. The molecule has 2 rings (SSSR count). The quantitative estimate of drug-likeness (QED) is 0.812. The van der Waals surface area contributed by atoms with Gasteiger partial charge in [-0.3, -0.25) is 9.36 Å². The summed E-state index contributed by atoms with van der Waals surface area (Å²) in [4.78, 5) is 12.1. The first-order chi connectivity index (χ1) is 10.5. The molecule has 0 spiro atoms. The molecule has 2 nitrogen and oxygen atoms in total. The van der Waals surface area contributed by atoms with Crippen LogP contribution in [0, 0.1) is 0 Å². The molecule has 0 amide bonds. The summed E-state index contributed by atoms with van der Waals surface area (Å²) in [6, 6.07) is 9.76. The number of hydrogen-bond acceptors (Lipinski definition) is 1. The van der Waals surface area contributed by atoms with Crippen LogP contribution < -0.4 is 5.56 Å². The maximum Gasteiger partial charge on any atom is 0.255 e. The van der Waals surface area contributed by atoms with E-state index in [1.54, 1.807) is 12.1 Å². The Balaban J connectivity index is 2.52. The van der Waals surface area contributed by atoms with E-state index >= 15 is 0 Å². The molecule has 0 unspecified atom stereocenters. The van der Waals surface area contributed by atoms with Gasteiger partial charge in [-0.15, -0.1) is 0 Å². The minimum absolute atomic E-state index is 0.0509. The molecule has 0 aliphatic rings. The minimum atomic E-state index is -2.81. The minimum Gasteiger partial charge on any atom is -0.284 e. The molecule has 0 bridgehead atoms. The highest BCUT2D eigenvalue weighted by Crippen LogP contribution is 2.16.